The number of hydrogen-bond acceptors (Lipinski definition) is 6. The number of carbonyl (C=O) groups is 5. The molecule has 10 heteroatoms. The maximum absolute atomic E-state index is 14.5. The molecule has 2 aromatic carbocycles. The summed E-state index contributed by atoms with van der Waals surface area (Å²) < 4.78 is 5.51. The summed E-state index contributed by atoms with van der Waals surface area (Å²) >= 11 is 0. The summed E-state index contributed by atoms with van der Waals surface area (Å²) in [5.74, 6) is -2.44. The number of fused-ring (bicyclic) bond motifs is 2. The molecule has 1 unspecified atom stereocenters. The van der Waals surface area contributed by atoms with Crippen LogP contribution < -0.4 is 20.7 Å². The SMILES string of the molecule is C=CCCC(NC(=O)[C@@H]1[C@H]2[C@@H](CN1C(=O)[C@@H](NC(=O)Oc1ccccc1)C1Cc3ccccc3C1)C2(C)C)C(=O)C(=O)NCC=C. The van der Waals surface area contributed by atoms with Crippen LogP contribution in [-0.4, -0.2) is 65.7 Å². The number of ketones is 1. The van der Waals surface area contributed by atoms with Crippen molar-refractivity contribution >= 4 is 29.6 Å². The number of amides is 4. The van der Waals surface area contributed by atoms with Crippen LogP contribution in [0.3, 0.4) is 0 Å². The molecule has 242 valence electrons. The number of para-hydroxylation sites is 1. The fourth-order valence-corrected chi connectivity index (χ4v) is 7.17. The van der Waals surface area contributed by atoms with Gasteiger partial charge in [-0.15, -0.1) is 13.2 Å². The fourth-order valence-electron chi connectivity index (χ4n) is 7.17. The quantitative estimate of drug-likeness (QED) is 0.231. The van der Waals surface area contributed by atoms with Crippen LogP contribution in [0.2, 0.25) is 0 Å². The van der Waals surface area contributed by atoms with E-state index < -0.39 is 41.8 Å². The molecule has 2 aromatic rings. The number of hydrogen-bond donors (Lipinski definition) is 3. The Bertz CT molecular complexity index is 1500. The Kier molecular flexibility index (Phi) is 9.74. The standard InChI is InChI=1S/C36H42N4O6/c1-5-7-17-27(31(41)33(43)37-18-6-2)38-32(42)30-28-26(36(28,3)4)21-40(30)34(44)29(24-19-22-13-11-12-14-23(22)20-24)39-35(45)46-25-15-9-8-10-16-25/h5-6,8-16,24,26-30H,1-2,7,17-21H2,3-4H3,(H,37,43)(H,38,42)(H,39,45)/t26-,27?,28-,29+,30+/m1/s1. The van der Waals surface area contributed by atoms with Gasteiger partial charge in [0.15, 0.2) is 0 Å². The molecule has 0 radical (unpaired) electrons. The lowest BCUT2D eigenvalue weighted by molar-refractivity contribution is -0.144. The highest BCUT2D eigenvalue weighted by Gasteiger charge is 2.69. The average molecular weight is 627 g/mol. The molecule has 5 atom stereocenters. The van der Waals surface area contributed by atoms with Crippen LogP contribution in [0.15, 0.2) is 79.9 Å². The van der Waals surface area contributed by atoms with Crippen LogP contribution in [0.25, 0.3) is 0 Å². The number of nitrogens with one attached hydrogen (secondary N) is 3. The van der Waals surface area contributed by atoms with Crippen LogP contribution in [0.1, 0.15) is 37.8 Å². The van der Waals surface area contributed by atoms with E-state index in [1.807, 2.05) is 24.3 Å². The Balaban J connectivity index is 1.39. The zero-order valence-corrected chi connectivity index (χ0v) is 26.4. The largest absolute Gasteiger partial charge is 0.413 e. The lowest BCUT2D eigenvalue weighted by atomic mass is 9.93. The number of ether oxygens (including phenoxy) is 1. The lowest BCUT2D eigenvalue weighted by Crippen LogP contribution is -2.59. The van der Waals surface area contributed by atoms with Gasteiger partial charge in [-0.2, -0.15) is 0 Å². The Labute approximate surface area is 269 Å². The Morgan fingerprint density at radius 3 is 2.24 bits per heavy atom. The van der Waals surface area contributed by atoms with E-state index in [1.54, 1.807) is 41.3 Å². The highest BCUT2D eigenvalue weighted by molar-refractivity contribution is 6.38. The highest BCUT2D eigenvalue weighted by atomic mass is 16.6. The number of likely N-dealkylation sites (tertiary alicyclic amines) is 1. The molecule has 2 fully saturated rings. The van der Waals surface area contributed by atoms with Gasteiger partial charge in [-0.25, -0.2) is 4.79 Å². The number of allylic oxidation sites excluding steroid dienone is 1. The van der Waals surface area contributed by atoms with E-state index in [4.69, 9.17) is 4.74 Å². The predicted molar refractivity (Wildman–Crippen MR) is 173 cm³/mol. The molecule has 0 aromatic heterocycles. The van der Waals surface area contributed by atoms with Gasteiger partial charge in [0.1, 0.15) is 17.8 Å². The molecule has 10 nitrogen and oxygen atoms in total. The van der Waals surface area contributed by atoms with E-state index >= 15 is 0 Å². The molecule has 3 N–H and O–H groups in total. The van der Waals surface area contributed by atoms with Crippen LogP contribution in [0.5, 0.6) is 5.75 Å². The van der Waals surface area contributed by atoms with Crippen molar-refractivity contribution in [3.63, 3.8) is 0 Å². The van der Waals surface area contributed by atoms with Gasteiger partial charge in [0.25, 0.3) is 5.91 Å². The van der Waals surface area contributed by atoms with Crippen molar-refractivity contribution < 1.29 is 28.7 Å². The van der Waals surface area contributed by atoms with Gasteiger partial charge in [0, 0.05) is 13.1 Å². The van der Waals surface area contributed by atoms with Crippen molar-refractivity contribution in [2.24, 2.45) is 23.2 Å². The molecular weight excluding hydrogens is 584 g/mol. The smallest absolute Gasteiger partial charge is 0.410 e. The van der Waals surface area contributed by atoms with Crippen molar-refractivity contribution in [3.8, 4) is 5.75 Å². The number of piperidine rings is 1. The van der Waals surface area contributed by atoms with E-state index in [0.29, 0.717) is 31.6 Å². The molecule has 3 aliphatic rings. The minimum Gasteiger partial charge on any atom is -0.410 e. The minimum absolute atomic E-state index is 0.0723. The summed E-state index contributed by atoms with van der Waals surface area (Å²) in [5.41, 5.74) is 2.03. The van der Waals surface area contributed by atoms with Gasteiger partial charge in [-0.05, 0) is 72.1 Å². The maximum Gasteiger partial charge on any atom is 0.413 e. The number of carbonyl (C=O) groups excluding carboxylic acids is 5. The zero-order chi connectivity index (χ0) is 33.0. The van der Waals surface area contributed by atoms with Gasteiger partial charge in [-0.3, -0.25) is 19.2 Å². The second-order valence-corrected chi connectivity index (χ2v) is 12.9. The average Bonchev–Trinajstić information content (AvgIpc) is 3.40. The third-order valence-corrected chi connectivity index (χ3v) is 9.73. The van der Waals surface area contributed by atoms with Crippen LogP contribution >= 0.6 is 0 Å². The summed E-state index contributed by atoms with van der Waals surface area (Å²) in [5, 5.41) is 8.12. The van der Waals surface area contributed by atoms with Gasteiger partial charge in [0.2, 0.25) is 17.6 Å². The molecule has 0 bridgehead atoms. The second kappa shape index (κ2) is 13.7. The van der Waals surface area contributed by atoms with Crippen LogP contribution in [0.4, 0.5) is 4.79 Å². The van der Waals surface area contributed by atoms with E-state index in [0.717, 1.165) is 11.1 Å². The molecule has 2 aliphatic carbocycles. The number of benzene rings is 2. The monoisotopic (exact) mass is 626 g/mol. The third kappa shape index (κ3) is 6.76. The van der Waals surface area contributed by atoms with Crippen LogP contribution in [-0.2, 0) is 32.0 Å². The summed E-state index contributed by atoms with van der Waals surface area (Å²) in [6.45, 7) is 11.8. The van der Waals surface area contributed by atoms with E-state index in [-0.39, 0.29) is 42.0 Å². The van der Waals surface area contributed by atoms with Crippen molar-refractivity contribution in [1.82, 2.24) is 20.9 Å². The lowest BCUT2D eigenvalue weighted by Gasteiger charge is -2.35. The second-order valence-electron chi connectivity index (χ2n) is 12.9. The fraction of sp³-hybridized carbons (Fsp3) is 0.417. The summed E-state index contributed by atoms with van der Waals surface area (Å²) in [7, 11) is 0. The van der Waals surface area contributed by atoms with Crippen molar-refractivity contribution in [2.45, 2.75) is 57.7 Å². The molecule has 1 saturated heterocycles. The van der Waals surface area contributed by atoms with Crippen LogP contribution in [0, 0.1) is 23.2 Å². The third-order valence-electron chi connectivity index (χ3n) is 9.73. The Hall–Kier alpha value is -4.73. The van der Waals surface area contributed by atoms with Gasteiger partial charge in [0.05, 0.1) is 6.04 Å². The summed E-state index contributed by atoms with van der Waals surface area (Å²) in [6.07, 6.45) is 4.06. The zero-order valence-electron chi connectivity index (χ0n) is 26.4. The first-order valence-electron chi connectivity index (χ1n) is 15.8. The Morgan fingerprint density at radius 2 is 1.61 bits per heavy atom. The predicted octanol–water partition coefficient (Wildman–Crippen LogP) is 3.36. The van der Waals surface area contributed by atoms with Gasteiger partial charge < -0.3 is 25.6 Å². The molecule has 1 aliphatic heterocycles. The molecule has 1 saturated carbocycles. The first-order chi connectivity index (χ1) is 22.1. The highest BCUT2D eigenvalue weighted by Crippen LogP contribution is 2.65. The Morgan fingerprint density at radius 1 is 0.957 bits per heavy atom. The van der Waals surface area contributed by atoms with Crippen molar-refractivity contribution in [3.05, 3.63) is 91.0 Å². The molecule has 0 spiro atoms. The first-order valence-corrected chi connectivity index (χ1v) is 15.8. The summed E-state index contributed by atoms with van der Waals surface area (Å²) in [4.78, 5) is 68.8. The molecular formula is C36H42N4O6. The molecule has 46 heavy (non-hydrogen) atoms. The number of Topliss-reactive ketones (excluding diaryl/α,β-unsaturated/α-hetero) is 1. The number of nitrogens with zero attached hydrogens (tertiary/aromatic N) is 1. The normalized spacial score (nSPS) is 22.0. The molecule has 5 rings (SSSR count). The van der Waals surface area contributed by atoms with E-state index in [9.17, 15) is 24.0 Å². The van der Waals surface area contributed by atoms with E-state index in [1.165, 1.54) is 6.08 Å². The number of rotatable bonds is 13. The van der Waals surface area contributed by atoms with Crippen molar-refractivity contribution in [1.29, 1.82) is 0 Å². The van der Waals surface area contributed by atoms with Gasteiger partial charge in [-0.1, -0.05) is 68.5 Å². The molecule has 1 heterocycles. The summed E-state index contributed by atoms with van der Waals surface area (Å²) in [6, 6.07) is 13.6. The first kappa shape index (κ1) is 32.7. The topological polar surface area (TPSA) is 134 Å². The maximum atomic E-state index is 14.5. The molecule has 4 amide bonds. The van der Waals surface area contributed by atoms with E-state index in [2.05, 4.69) is 43.0 Å². The minimum atomic E-state index is -1.09. The van der Waals surface area contributed by atoms with Gasteiger partial charge >= 0.3 is 6.09 Å². The van der Waals surface area contributed by atoms with Crippen molar-refractivity contribution in [2.75, 3.05) is 13.1 Å².